The minimum Gasteiger partial charge on any atom is -0.281 e. The van der Waals surface area contributed by atoms with Crippen LogP contribution in [0.1, 0.15) is 0 Å². The minimum absolute atomic E-state index is 0.0334. The molecule has 12 heavy (non-hydrogen) atoms. The van der Waals surface area contributed by atoms with Crippen LogP contribution in [0, 0.1) is 11.8 Å². The smallest absolute Gasteiger partial charge is 0.228 e. The van der Waals surface area contributed by atoms with E-state index >= 15 is 0 Å². The highest BCUT2D eigenvalue weighted by molar-refractivity contribution is 6.68. The van der Waals surface area contributed by atoms with E-state index in [9.17, 15) is 4.79 Å². The molecule has 1 aliphatic carbocycles. The summed E-state index contributed by atoms with van der Waals surface area (Å²) < 4.78 is -1.11. The van der Waals surface area contributed by atoms with Crippen molar-refractivity contribution in [1.29, 1.82) is 0 Å². The second-order valence-electron chi connectivity index (χ2n) is 2.44. The van der Waals surface area contributed by atoms with E-state index in [1.165, 1.54) is 6.08 Å². The first-order chi connectivity index (χ1) is 5.37. The molecule has 0 amide bonds. The maximum absolute atomic E-state index is 10.7. The predicted octanol–water partition coefficient (Wildman–Crippen LogP) is 3.49. The van der Waals surface area contributed by atoms with Crippen molar-refractivity contribution in [2.75, 3.05) is 0 Å². The topological polar surface area (TPSA) is 17.1 Å². The summed E-state index contributed by atoms with van der Waals surface area (Å²) in [7, 11) is 0. The van der Waals surface area contributed by atoms with E-state index in [2.05, 4.69) is 0 Å². The summed E-state index contributed by atoms with van der Waals surface area (Å²) in [6.45, 7) is 0. The van der Waals surface area contributed by atoms with Crippen molar-refractivity contribution < 1.29 is 4.79 Å². The highest BCUT2D eigenvalue weighted by Crippen LogP contribution is 2.61. The average molecular weight is 268 g/mol. The van der Waals surface area contributed by atoms with Crippen LogP contribution < -0.4 is 0 Å². The Kier molecular flexibility index (Phi) is 3.23. The van der Waals surface area contributed by atoms with Gasteiger partial charge in [-0.15, -0.1) is 23.2 Å². The molecular formula is C6H3Cl5O. The second-order valence-corrected chi connectivity index (χ2v) is 5.26. The first kappa shape index (κ1) is 10.9. The Morgan fingerprint density at radius 2 is 1.75 bits per heavy atom. The molecule has 0 N–H and O–H groups in total. The molecule has 1 nitrogen and oxygen atoms in total. The van der Waals surface area contributed by atoms with Gasteiger partial charge >= 0.3 is 0 Å². The van der Waals surface area contributed by atoms with Crippen LogP contribution in [0.4, 0.5) is 0 Å². The molecule has 2 atom stereocenters. The fraction of sp³-hybridized carbons (Fsp3) is 0.500. The molecular weight excluding hydrogens is 265 g/mol. The Morgan fingerprint density at radius 1 is 1.25 bits per heavy atom. The normalized spacial score (nSPS) is 31.1. The van der Waals surface area contributed by atoms with Crippen LogP contribution in [0.2, 0.25) is 0 Å². The fourth-order valence-corrected chi connectivity index (χ4v) is 2.40. The molecule has 0 heterocycles. The summed E-state index contributed by atoms with van der Waals surface area (Å²) in [5.41, 5.74) is 0. The third-order valence-electron chi connectivity index (χ3n) is 1.66. The zero-order chi connectivity index (χ0) is 9.52. The van der Waals surface area contributed by atoms with E-state index in [0.29, 0.717) is 0 Å². The number of carbonyl (C=O) groups excluding carboxylic acids is 1. The third kappa shape index (κ3) is 2.02. The molecule has 6 heteroatoms. The molecule has 1 saturated carbocycles. The standard InChI is InChI=1S/C6H3Cl5O/c7-3(8)1-2-4(5(9)12)6(2,10)11/h1-2,4H/t2-,4+/m0/s1. The summed E-state index contributed by atoms with van der Waals surface area (Å²) in [4.78, 5) is 10.7. The number of carbonyl (C=O) groups is 1. The predicted molar refractivity (Wildman–Crippen MR) is 52.1 cm³/mol. The SMILES string of the molecule is O=C(Cl)[C@H]1[C@H](C=C(Cl)Cl)C1(Cl)Cl. The number of halogens is 5. The monoisotopic (exact) mass is 266 g/mol. The van der Waals surface area contributed by atoms with Gasteiger partial charge in [0.1, 0.15) is 8.82 Å². The van der Waals surface area contributed by atoms with Crippen molar-refractivity contribution in [1.82, 2.24) is 0 Å². The van der Waals surface area contributed by atoms with Crippen LogP contribution in [-0.2, 0) is 4.79 Å². The lowest BCUT2D eigenvalue weighted by Gasteiger charge is -1.90. The number of alkyl halides is 2. The molecule has 0 aromatic rings. The molecule has 1 aliphatic rings. The van der Waals surface area contributed by atoms with Crippen molar-refractivity contribution in [3.63, 3.8) is 0 Å². The lowest BCUT2D eigenvalue weighted by molar-refractivity contribution is -0.112. The van der Waals surface area contributed by atoms with Crippen molar-refractivity contribution in [3.05, 3.63) is 10.6 Å². The maximum Gasteiger partial charge on any atom is 0.228 e. The van der Waals surface area contributed by atoms with Crippen molar-refractivity contribution in [2.24, 2.45) is 11.8 Å². The van der Waals surface area contributed by atoms with Gasteiger partial charge in [0.25, 0.3) is 0 Å². The molecule has 0 unspecified atom stereocenters. The lowest BCUT2D eigenvalue weighted by Crippen LogP contribution is -1.96. The molecule has 0 aromatic carbocycles. The van der Waals surface area contributed by atoms with E-state index in [-0.39, 0.29) is 10.4 Å². The maximum atomic E-state index is 10.7. The molecule has 0 saturated heterocycles. The lowest BCUT2D eigenvalue weighted by atomic mass is 10.3. The minimum atomic E-state index is -1.14. The highest BCUT2D eigenvalue weighted by atomic mass is 35.5. The van der Waals surface area contributed by atoms with Gasteiger partial charge in [0, 0.05) is 5.92 Å². The van der Waals surface area contributed by atoms with E-state index < -0.39 is 15.5 Å². The van der Waals surface area contributed by atoms with Crippen LogP contribution in [0.25, 0.3) is 0 Å². The Labute approximate surface area is 94.5 Å². The summed E-state index contributed by atoms with van der Waals surface area (Å²) in [5.74, 6) is -0.981. The molecule has 1 fully saturated rings. The van der Waals surface area contributed by atoms with Crippen molar-refractivity contribution in [3.8, 4) is 0 Å². The highest BCUT2D eigenvalue weighted by Gasteiger charge is 2.65. The van der Waals surface area contributed by atoms with Gasteiger partial charge in [-0.05, 0) is 17.7 Å². The van der Waals surface area contributed by atoms with Crippen LogP contribution in [-0.4, -0.2) is 9.58 Å². The molecule has 0 radical (unpaired) electrons. The Hall–Kier alpha value is 0.860. The van der Waals surface area contributed by atoms with E-state index in [1.54, 1.807) is 0 Å². The first-order valence-corrected chi connectivity index (χ1v) is 4.86. The van der Waals surface area contributed by atoms with Crippen LogP contribution in [0.5, 0.6) is 0 Å². The van der Waals surface area contributed by atoms with E-state index in [4.69, 9.17) is 58.0 Å². The molecule has 0 aliphatic heterocycles. The zero-order valence-electron chi connectivity index (χ0n) is 5.53. The van der Waals surface area contributed by atoms with Crippen molar-refractivity contribution >= 4 is 63.2 Å². The molecule has 1 rings (SSSR count). The summed E-state index contributed by atoms with van der Waals surface area (Å²) in [6.07, 6.45) is 1.41. The second kappa shape index (κ2) is 3.55. The van der Waals surface area contributed by atoms with Gasteiger partial charge in [-0.1, -0.05) is 23.2 Å². The average Bonchev–Trinajstić information content (AvgIpc) is 2.32. The van der Waals surface area contributed by atoms with Gasteiger partial charge in [0.05, 0.1) is 5.92 Å². The number of allylic oxidation sites excluding steroid dienone is 1. The van der Waals surface area contributed by atoms with Crippen molar-refractivity contribution in [2.45, 2.75) is 4.33 Å². The van der Waals surface area contributed by atoms with Gasteiger partial charge in [0.2, 0.25) is 5.24 Å². The van der Waals surface area contributed by atoms with Gasteiger partial charge in [0.15, 0.2) is 0 Å². The summed E-state index contributed by atoms with van der Waals surface area (Å²) in [5, 5.41) is -0.573. The van der Waals surface area contributed by atoms with Crippen LogP contribution in [0.15, 0.2) is 10.6 Å². The number of hydrogen-bond donors (Lipinski definition) is 0. The Bertz CT molecular complexity index is 242. The molecule has 0 aromatic heterocycles. The van der Waals surface area contributed by atoms with Gasteiger partial charge in [-0.25, -0.2) is 0 Å². The molecule has 0 spiro atoms. The largest absolute Gasteiger partial charge is 0.281 e. The van der Waals surface area contributed by atoms with E-state index in [1.807, 2.05) is 0 Å². The Balaban J connectivity index is 2.73. The quantitative estimate of drug-likeness (QED) is 0.553. The van der Waals surface area contributed by atoms with Gasteiger partial charge in [-0.2, -0.15) is 0 Å². The zero-order valence-corrected chi connectivity index (χ0v) is 9.31. The van der Waals surface area contributed by atoms with Gasteiger partial charge in [-0.3, -0.25) is 4.79 Å². The molecule has 0 bridgehead atoms. The number of hydrogen-bond acceptors (Lipinski definition) is 1. The third-order valence-corrected chi connectivity index (χ3v) is 3.12. The van der Waals surface area contributed by atoms with E-state index in [0.717, 1.165) is 0 Å². The van der Waals surface area contributed by atoms with Gasteiger partial charge < -0.3 is 0 Å². The summed E-state index contributed by atoms with van der Waals surface area (Å²) in [6, 6.07) is 0. The fourth-order valence-electron chi connectivity index (χ4n) is 0.986. The summed E-state index contributed by atoms with van der Waals surface area (Å²) >= 11 is 27.4. The van der Waals surface area contributed by atoms with Crippen LogP contribution in [0.3, 0.4) is 0 Å². The Morgan fingerprint density at radius 3 is 2.00 bits per heavy atom. The first-order valence-electron chi connectivity index (χ1n) is 2.97. The van der Waals surface area contributed by atoms with Crippen LogP contribution >= 0.6 is 58.0 Å². The molecule has 68 valence electrons. The number of rotatable bonds is 2.